The Morgan fingerprint density at radius 3 is 2.12 bits per heavy atom. The van der Waals surface area contributed by atoms with E-state index in [1.165, 1.54) is 5.56 Å². The fourth-order valence-corrected chi connectivity index (χ4v) is 5.47. The minimum Gasteiger partial charge on any atom is -0.430 e. The number of carbonyl (C=O) groups excluding carboxylic acids is 2. The lowest BCUT2D eigenvalue weighted by Crippen LogP contribution is -2.25. The molecule has 3 aliphatic rings. The van der Waals surface area contributed by atoms with E-state index in [4.69, 9.17) is 14.2 Å². The van der Waals surface area contributed by atoms with Crippen LogP contribution in [-0.2, 0) is 36.6 Å². The number of rotatable bonds is 5. The first-order valence-electron chi connectivity index (χ1n) is 12.0. The molecule has 32 heavy (non-hydrogen) atoms. The van der Waals surface area contributed by atoms with E-state index < -0.39 is 5.41 Å². The maximum atomic E-state index is 13.9. The molecule has 3 atom stereocenters. The topological polar surface area (TPSA) is 61.8 Å². The number of benzene rings is 1. The van der Waals surface area contributed by atoms with Gasteiger partial charge in [0.25, 0.3) is 0 Å². The number of hydrogen-bond donors (Lipinski definition) is 0. The van der Waals surface area contributed by atoms with Gasteiger partial charge in [-0.05, 0) is 70.1 Å². The molecule has 0 radical (unpaired) electrons. The van der Waals surface area contributed by atoms with E-state index in [-0.39, 0.29) is 35.8 Å². The van der Waals surface area contributed by atoms with Gasteiger partial charge in [0.15, 0.2) is 12.1 Å². The number of hydrogen-bond acceptors (Lipinski definition) is 5. The average Bonchev–Trinajstić information content (AvgIpc) is 3.45. The minimum atomic E-state index is -0.649. The second kappa shape index (κ2) is 8.75. The summed E-state index contributed by atoms with van der Waals surface area (Å²) in [6.45, 7) is 13.1. The first-order valence-corrected chi connectivity index (χ1v) is 12.0. The third-order valence-corrected chi connectivity index (χ3v) is 7.07. The van der Waals surface area contributed by atoms with Crippen LogP contribution >= 0.6 is 0 Å². The normalized spacial score (nSPS) is 26.2. The molecule has 0 amide bonds. The van der Waals surface area contributed by atoms with Crippen molar-refractivity contribution in [2.75, 3.05) is 13.2 Å². The van der Waals surface area contributed by atoms with Crippen molar-refractivity contribution in [1.82, 2.24) is 0 Å². The second-order valence-electron chi connectivity index (χ2n) is 10.5. The monoisotopic (exact) mass is 440 g/mol. The highest BCUT2D eigenvalue weighted by molar-refractivity contribution is 6.26. The number of Topliss-reactive ketones (excluding diaryl/α,β-unsaturated/α-hetero) is 1. The largest absolute Gasteiger partial charge is 0.430 e. The summed E-state index contributed by atoms with van der Waals surface area (Å²) in [5.41, 5.74) is 4.46. The molecule has 5 nitrogen and oxygen atoms in total. The molecule has 1 heterocycles. The number of ketones is 1. The van der Waals surface area contributed by atoms with Gasteiger partial charge in [-0.1, -0.05) is 31.5 Å². The van der Waals surface area contributed by atoms with E-state index >= 15 is 0 Å². The average molecular weight is 441 g/mol. The van der Waals surface area contributed by atoms with Crippen LogP contribution in [0.2, 0.25) is 0 Å². The van der Waals surface area contributed by atoms with Gasteiger partial charge < -0.3 is 14.2 Å². The third-order valence-electron chi connectivity index (χ3n) is 7.07. The summed E-state index contributed by atoms with van der Waals surface area (Å²) in [6, 6.07) is 4.32. The maximum absolute atomic E-state index is 13.9. The van der Waals surface area contributed by atoms with Crippen molar-refractivity contribution in [3.8, 4) is 0 Å². The van der Waals surface area contributed by atoms with Crippen LogP contribution in [0.25, 0.3) is 5.57 Å². The van der Waals surface area contributed by atoms with Crippen molar-refractivity contribution in [3.63, 3.8) is 0 Å². The van der Waals surface area contributed by atoms with Gasteiger partial charge in [0.1, 0.15) is 5.76 Å². The molecular formula is C27H36O5. The van der Waals surface area contributed by atoms with Crippen molar-refractivity contribution >= 4 is 17.3 Å². The first kappa shape index (κ1) is 23.2. The number of fused-ring (bicyclic) bond motifs is 1. The van der Waals surface area contributed by atoms with Crippen molar-refractivity contribution in [2.45, 2.75) is 73.5 Å². The quantitative estimate of drug-likeness (QED) is 0.602. The fourth-order valence-electron chi connectivity index (χ4n) is 5.47. The summed E-state index contributed by atoms with van der Waals surface area (Å²) in [4.78, 5) is 26.9. The van der Waals surface area contributed by atoms with Crippen molar-refractivity contribution in [1.29, 1.82) is 0 Å². The van der Waals surface area contributed by atoms with Crippen molar-refractivity contribution in [3.05, 3.63) is 40.1 Å². The Hall–Kier alpha value is -1.98. The molecule has 3 unspecified atom stereocenters. The van der Waals surface area contributed by atoms with Gasteiger partial charge in [0.05, 0.1) is 24.2 Å². The van der Waals surface area contributed by atoms with Crippen LogP contribution in [0.3, 0.4) is 0 Å². The molecule has 2 fully saturated rings. The molecule has 5 heteroatoms. The zero-order chi connectivity index (χ0) is 23.2. The Morgan fingerprint density at radius 2 is 1.59 bits per heavy atom. The maximum Gasteiger partial charge on any atom is 0.316 e. The molecule has 4 rings (SSSR count). The van der Waals surface area contributed by atoms with Gasteiger partial charge in [-0.2, -0.15) is 0 Å². The van der Waals surface area contributed by atoms with Crippen LogP contribution in [-0.4, -0.2) is 31.3 Å². The Labute approximate surface area is 191 Å². The number of esters is 1. The summed E-state index contributed by atoms with van der Waals surface area (Å²) >= 11 is 0. The van der Waals surface area contributed by atoms with Crippen molar-refractivity contribution < 1.29 is 23.8 Å². The van der Waals surface area contributed by atoms with E-state index in [2.05, 4.69) is 32.9 Å². The third kappa shape index (κ3) is 4.06. The Morgan fingerprint density at radius 1 is 1.03 bits per heavy atom. The van der Waals surface area contributed by atoms with Gasteiger partial charge in [-0.15, -0.1) is 0 Å². The first-order chi connectivity index (χ1) is 15.2. The second-order valence-corrected chi connectivity index (χ2v) is 10.5. The highest BCUT2D eigenvalue weighted by Crippen LogP contribution is 2.53. The highest BCUT2D eigenvalue weighted by atomic mass is 16.7. The standard InChI is InChI=1S/C27H36O5/c1-7-16-11-15(3)12-17(8-2)21(16)22-23(28)19-13-18(25-30-9-10-31-25)14-20(19)24(22)32-26(29)27(4,5)6/h11-12,18-20,25H,7-10,13-14H2,1-6H3. The number of allylic oxidation sites excluding steroid dienone is 2. The van der Waals surface area contributed by atoms with E-state index in [0.29, 0.717) is 31.0 Å². The van der Waals surface area contributed by atoms with Crippen LogP contribution < -0.4 is 0 Å². The Bertz CT molecular complexity index is 920. The summed E-state index contributed by atoms with van der Waals surface area (Å²) in [5, 5.41) is 0. The van der Waals surface area contributed by atoms with Crippen LogP contribution in [0.1, 0.15) is 69.7 Å². The van der Waals surface area contributed by atoms with Gasteiger partial charge in [-0.3, -0.25) is 9.59 Å². The molecule has 1 saturated heterocycles. The van der Waals surface area contributed by atoms with Crippen molar-refractivity contribution in [2.24, 2.45) is 23.2 Å². The summed E-state index contributed by atoms with van der Waals surface area (Å²) in [6.07, 6.45) is 2.84. The molecule has 1 aliphatic heterocycles. The van der Waals surface area contributed by atoms with Gasteiger partial charge in [-0.25, -0.2) is 0 Å². The summed E-state index contributed by atoms with van der Waals surface area (Å²) in [5.74, 6) is 0.266. The van der Waals surface area contributed by atoms with E-state index in [9.17, 15) is 9.59 Å². The zero-order valence-corrected chi connectivity index (χ0v) is 20.2. The predicted octanol–water partition coefficient (Wildman–Crippen LogP) is 5.02. The lowest BCUT2D eigenvalue weighted by molar-refractivity contribution is -0.149. The molecule has 2 aliphatic carbocycles. The summed E-state index contributed by atoms with van der Waals surface area (Å²) in [7, 11) is 0. The molecular weight excluding hydrogens is 404 g/mol. The van der Waals surface area contributed by atoms with E-state index in [0.717, 1.165) is 36.0 Å². The number of carbonyl (C=O) groups is 2. The molecule has 1 aromatic rings. The van der Waals surface area contributed by atoms with Crippen LogP contribution in [0, 0.1) is 30.1 Å². The molecule has 0 N–H and O–H groups in total. The molecule has 0 spiro atoms. The SMILES string of the molecule is CCc1cc(C)cc(CC)c1C1=C(OC(=O)C(C)(C)C)C2CC(C3OCCO3)CC2C1=O. The molecule has 1 saturated carbocycles. The Kier molecular flexibility index (Phi) is 6.34. The summed E-state index contributed by atoms with van der Waals surface area (Å²) < 4.78 is 17.6. The minimum absolute atomic E-state index is 0.0997. The van der Waals surface area contributed by atoms with Gasteiger partial charge in [0.2, 0.25) is 0 Å². The molecule has 0 aromatic heterocycles. The lowest BCUT2D eigenvalue weighted by Gasteiger charge is -2.23. The predicted molar refractivity (Wildman–Crippen MR) is 123 cm³/mol. The molecule has 0 bridgehead atoms. The van der Waals surface area contributed by atoms with Gasteiger partial charge >= 0.3 is 5.97 Å². The molecule has 1 aromatic carbocycles. The Balaban J connectivity index is 1.82. The highest BCUT2D eigenvalue weighted by Gasteiger charge is 2.53. The van der Waals surface area contributed by atoms with Gasteiger partial charge in [0, 0.05) is 17.8 Å². The number of ether oxygens (including phenoxy) is 3. The smallest absolute Gasteiger partial charge is 0.316 e. The lowest BCUT2D eigenvalue weighted by atomic mass is 9.87. The van der Waals surface area contributed by atoms with Crippen LogP contribution in [0.5, 0.6) is 0 Å². The zero-order valence-electron chi connectivity index (χ0n) is 20.2. The van der Waals surface area contributed by atoms with Crippen LogP contribution in [0.4, 0.5) is 0 Å². The van der Waals surface area contributed by atoms with E-state index in [1.807, 2.05) is 20.8 Å². The number of aryl methyl sites for hydroxylation is 3. The molecule has 174 valence electrons. The van der Waals surface area contributed by atoms with E-state index in [1.54, 1.807) is 0 Å². The van der Waals surface area contributed by atoms with Crippen LogP contribution in [0.15, 0.2) is 17.9 Å². The fraction of sp³-hybridized carbons (Fsp3) is 0.630.